The number of rotatable bonds is 0. The van der Waals surface area contributed by atoms with Gasteiger partial charge in [-0.25, -0.2) is 4.79 Å². The summed E-state index contributed by atoms with van der Waals surface area (Å²) in [5.41, 5.74) is 1.38. The molecule has 0 amide bonds. The van der Waals surface area contributed by atoms with Gasteiger partial charge in [-0.3, -0.25) is 9.55 Å². The lowest BCUT2D eigenvalue weighted by Crippen LogP contribution is -2.27. The molecule has 1 aromatic carbocycles. The molecule has 0 saturated carbocycles. The number of aromatic nitrogens is 3. The lowest BCUT2D eigenvalue weighted by atomic mass is 9.88. The Morgan fingerprint density at radius 3 is 2.55 bits per heavy atom. The van der Waals surface area contributed by atoms with E-state index in [9.17, 15) is 4.79 Å². The molecule has 0 aliphatic carbocycles. The first-order valence-electron chi connectivity index (χ1n) is 6.63. The number of nitrogens with zero attached hydrogens (tertiary/aromatic N) is 3. The quantitative estimate of drug-likeness (QED) is 0.588. The highest BCUT2D eigenvalue weighted by molar-refractivity contribution is 6.05. The SMILES string of the molecule is Cn1c(=O)nc(C(C)(C)C)c2ccc3cnccc3c21. The molecule has 0 fully saturated rings. The van der Waals surface area contributed by atoms with Crippen LogP contribution in [0.5, 0.6) is 0 Å². The largest absolute Gasteiger partial charge is 0.348 e. The fourth-order valence-electron chi connectivity index (χ4n) is 2.60. The van der Waals surface area contributed by atoms with Crippen LogP contribution < -0.4 is 5.69 Å². The van der Waals surface area contributed by atoms with Gasteiger partial charge < -0.3 is 0 Å². The first-order valence-corrected chi connectivity index (χ1v) is 6.63. The zero-order valence-corrected chi connectivity index (χ0v) is 12.1. The van der Waals surface area contributed by atoms with Crippen LogP contribution in [0.2, 0.25) is 0 Å². The molecule has 0 N–H and O–H groups in total. The van der Waals surface area contributed by atoms with Crippen LogP contribution in [-0.2, 0) is 12.5 Å². The Kier molecular flexibility index (Phi) is 2.64. The zero-order chi connectivity index (χ0) is 14.5. The Bertz CT molecular complexity index is 872. The first-order chi connectivity index (χ1) is 9.39. The number of pyridine rings is 1. The van der Waals surface area contributed by atoms with Crippen LogP contribution in [0, 0.1) is 0 Å². The Balaban J connectivity index is 2.62. The smallest absolute Gasteiger partial charge is 0.294 e. The minimum Gasteiger partial charge on any atom is -0.294 e. The third-order valence-corrected chi connectivity index (χ3v) is 3.59. The highest BCUT2D eigenvalue weighted by atomic mass is 16.1. The van der Waals surface area contributed by atoms with Crippen molar-refractivity contribution in [1.29, 1.82) is 0 Å². The Labute approximate surface area is 117 Å². The van der Waals surface area contributed by atoms with Crippen molar-refractivity contribution >= 4 is 21.7 Å². The monoisotopic (exact) mass is 267 g/mol. The van der Waals surface area contributed by atoms with E-state index in [2.05, 4.69) is 30.7 Å². The summed E-state index contributed by atoms with van der Waals surface area (Å²) in [5.74, 6) is 0. The molecule has 4 heteroatoms. The van der Waals surface area contributed by atoms with E-state index >= 15 is 0 Å². The van der Waals surface area contributed by atoms with E-state index < -0.39 is 0 Å². The maximum atomic E-state index is 12.2. The molecule has 0 saturated heterocycles. The van der Waals surface area contributed by atoms with Crippen molar-refractivity contribution in [2.75, 3.05) is 0 Å². The van der Waals surface area contributed by atoms with Gasteiger partial charge in [-0.15, -0.1) is 0 Å². The van der Waals surface area contributed by atoms with Gasteiger partial charge >= 0.3 is 5.69 Å². The van der Waals surface area contributed by atoms with Crippen molar-refractivity contribution < 1.29 is 0 Å². The topological polar surface area (TPSA) is 47.8 Å². The van der Waals surface area contributed by atoms with Gasteiger partial charge in [0.1, 0.15) is 0 Å². The summed E-state index contributed by atoms with van der Waals surface area (Å²) in [6, 6.07) is 6.02. The maximum Gasteiger partial charge on any atom is 0.348 e. The molecule has 4 nitrogen and oxygen atoms in total. The second kappa shape index (κ2) is 4.13. The Hall–Kier alpha value is -2.23. The molecular weight excluding hydrogens is 250 g/mol. The van der Waals surface area contributed by atoms with Crippen molar-refractivity contribution in [2.45, 2.75) is 26.2 Å². The maximum absolute atomic E-state index is 12.2. The average Bonchev–Trinajstić information content (AvgIpc) is 2.40. The van der Waals surface area contributed by atoms with Crippen LogP contribution in [-0.4, -0.2) is 14.5 Å². The summed E-state index contributed by atoms with van der Waals surface area (Å²) in [6.45, 7) is 6.22. The summed E-state index contributed by atoms with van der Waals surface area (Å²) < 4.78 is 1.62. The molecule has 0 aliphatic heterocycles. The number of fused-ring (bicyclic) bond motifs is 3. The van der Waals surface area contributed by atoms with Gasteiger partial charge in [0.2, 0.25) is 0 Å². The van der Waals surface area contributed by atoms with E-state index in [4.69, 9.17) is 0 Å². The van der Waals surface area contributed by atoms with Gasteiger partial charge in [-0.2, -0.15) is 4.98 Å². The summed E-state index contributed by atoms with van der Waals surface area (Å²) in [5, 5.41) is 3.09. The van der Waals surface area contributed by atoms with Crippen LogP contribution in [0.3, 0.4) is 0 Å². The molecule has 0 radical (unpaired) electrons. The summed E-state index contributed by atoms with van der Waals surface area (Å²) in [6.07, 6.45) is 3.57. The lowest BCUT2D eigenvalue weighted by Gasteiger charge is -2.21. The van der Waals surface area contributed by atoms with E-state index in [1.807, 2.05) is 24.4 Å². The Morgan fingerprint density at radius 1 is 1.10 bits per heavy atom. The van der Waals surface area contributed by atoms with Crippen molar-refractivity contribution in [3.8, 4) is 0 Å². The van der Waals surface area contributed by atoms with Crippen molar-refractivity contribution in [1.82, 2.24) is 14.5 Å². The van der Waals surface area contributed by atoms with Gasteiger partial charge in [0.15, 0.2) is 0 Å². The fraction of sp³-hybridized carbons (Fsp3) is 0.312. The molecule has 0 spiro atoms. The average molecular weight is 267 g/mol. The molecule has 102 valence electrons. The van der Waals surface area contributed by atoms with Crippen LogP contribution in [0.15, 0.2) is 35.4 Å². The molecular formula is C16H17N3O. The van der Waals surface area contributed by atoms with Gasteiger partial charge in [-0.1, -0.05) is 32.9 Å². The molecule has 3 aromatic rings. The minimum atomic E-state index is -0.216. The van der Waals surface area contributed by atoms with Crippen molar-refractivity contribution in [3.05, 3.63) is 46.8 Å². The third kappa shape index (κ3) is 1.80. The highest BCUT2D eigenvalue weighted by Gasteiger charge is 2.21. The van der Waals surface area contributed by atoms with Crippen LogP contribution in [0.4, 0.5) is 0 Å². The van der Waals surface area contributed by atoms with E-state index in [0.29, 0.717) is 0 Å². The molecule has 0 unspecified atom stereocenters. The van der Waals surface area contributed by atoms with Crippen LogP contribution in [0.1, 0.15) is 26.5 Å². The molecule has 2 aromatic heterocycles. The number of hydrogen-bond acceptors (Lipinski definition) is 3. The second-order valence-electron chi connectivity index (χ2n) is 6.11. The van der Waals surface area contributed by atoms with Gasteiger partial charge in [-0.05, 0) is 6.07 Å². The summed E-state index contributed by atoms with van der Waals surface area (Å²) >= 11 is 0. The van der Waals surface area contributed by atoms with Gasteiger partial charge in [0.25, 0.3) is 0 Å². The minimum absolute atomic E-state index is 0.174. The Morgan fingerprint density at radius 2 is 1.85 bits per heavy atom. The van der Waals surface area contributed by atoms with Crippen LogP contribution >= 0.6 is 0 Å². The van der Waals surface area contributed by atoms with E-state index in [-0.39, 0.29) is 11.1 Å². The third-order valence-electron chi connectivity index (χ3n) is 3.59. The van der Waals surface area contributed by atoms with E-state index in [0.717, 1.165) is 27.4 Å². The van der Waals surface area contributed by atoms with Gasteiger partial charge in [0, 0.05) is 41.0 Å². The van der Waals surface area contributed by atoms with E-state index in [1.54, 1.807) is 17.8 Å². The number of aryl methyl sites for hydroxylation is 1. The fourth-order valence-corrected chi connectivity index (χ4v) is 2.60. The second-order valence-corrected chi connectivity index (χ2v) is 6.11. The standard InChI is InChI=1S/C16H17N3O/c1-16(2,3)14-12-6-5-10-9-17-8-7-11(10)13(12)19(4)15(20)18-14/h5-9H,1-4H3. The van der Waals surface area contributed by atoms with Crippen molar-refractivity contribution in [3.63, 3.8) is 0 Å². The normalized spacial score (nSPS) is 12.2. The zero-order valence-electron chi connectivity index (χ0n) is 12.1. The predicted molar refractivity (Wildman–Crippen MR) is 81.0 cm³/mol. The first kappa shape index (κ1) is 12.8. The summed E-state index contributed by atoms with van der Waals surface area (Å²) in [7, 11) is 1.77. The molecule has 0 aliphatic rings. The molecule has 3 rings (SSSR count). The van der Waals surface area contributed by atoms with Crippen molar-refractivity contribution in [2.24, 2.45) is 7.05 Å². The predicted octanol–water partition coefficient (Wildman–Crippen LogP) is 2.78. The van der Waals surface area contributed by atoms with E-state index in [1.165, 1.54) is 0 Å². The molecule has 20 heavy (non-hydrogen) atoms. The van der Waals surface area contributed by atoms with Crippen LogP contribution in [0.25, 0.3) is 21.7 Å². The lowest BCUT2D eigenvalue weighted by molar-refractivity contribution is 0.567. The van der Waals surface area contributed by atoms with Gasteiger partial charge in [0.05, 0.1) is 11.2 Å². The summed E-state index contributed by atoms with van der Waals surface area (Å²) in [4.78, 5) is 20.6. The number of hydrogen-bond donors (Lipinski definition) is 0. The number of benzene rings is 1. The molecule has 0 atom stereocenters. The molecule has 0 bridgehead atoms. The molecule has 2 heterocycles. The highest BCUT2D eigenvalue weighted by Crippen LogP contribution is 2.30.